The molecule has 2 heterocycles. The van der Waals surface area contributed by atoms with Gasteiger partial charge >= 0.3 is 0 Å². The van der Waals surface area contributed by atoms with Crippen LogP contribution in [0.5, 0.6) is 0 Å². The van der Waals surface area contributed by atoms with Crippen LogP contribution in [-0.4, -0.2) is 36.0 Å². The van der Waals surface area contributed by atoms with Crippen LogP contribution in [0.2, 0.25) is 0 Å². The molecule has 3 nitrogen and oxygen atoms in total. The number of nitrogens with zero attached hydrogens (tertiary/aromatic N) is 1. The molecule has 2 aliphatic heterocycles. The van der Waals surface area contributed by atoms with Crippen LogP contribution in [0.15, 0.2) is 22.7 Å². The number of benzene rings is 1. The number of carbonyl (C=O) groups excluding carboxylic acids is 1. The fourth-order valence-electron chi connectivity index (χ4n) is 3.64. The molecule has 2 fully saturated rings. The lowest BCUT2D eigenvalue weighted by atomic mass is 9.82. The van der Waals surface area contributed by atoms with Gasteiger partial charge < -0.3 is 10.2 Å². The van der Waals surface area contributed by atoms with Crippen molar-refractivity contribution in [1.82, 2.24) is 10.2 Å². The van der Waals surface area contributed by atoms with Gasteiger partial charge in [-0.2, -0.15) is 0 Å². The topological polar surface area (TPSA) is 32.3 Å². The van der Waals surface area contributed by atoms with Crippen molar-refractivity contribution in [3.8, 4) is 0 Å². The molecule has 2 unspecified atom stereocenters. The molecule has 2 aliphatic rings. The Balaban J connectivity index is 1.66. The molecule has 3 rings (SSSR count). The van der Waals surface area contributed by atoms with Crippen LogP contribution < -0.4 is 5.32 Å². The van der Waals surface area contributed by atoms with Gasteiger partial charge in [0.15, 0.2) is 0 Å². The molecule has 1 amide bonds. The van der Waals surface area contributed by atoms with E-state index in [-0.39, 0.29) is 11.9 Å². The van der Waals surface area contributed by atoms with Crippen LogP contribution in [-0.2, 0) is 0 Å². The molecule has 114 valence electrons. The summed E-state index contributed by atoms with van der Waals surface area (Å²) in [5.74, 6) is -0.572. The summed E-state index contributed by atoms with van der Waals surface area (Å²) in [7, 11) is 2.19. The molecule has 0 radical (unpaired) electrons. The molecule has 0 saturated carbocycles. The Kier molecular flexibility index (Phi) is 4.31. The Morgan fingerprint density at radius 2 is 2.00 bits per heavy atom. The molecule has 5 heteroatoms. The van der Waals surface area contributed by atoms with Crippen LogP contribution in [0.3, 0.4) is 0 Å². The van der Waals surface area contributed by atoms with Gasteiger partial charge in [0.05, 0.1) is 4.47 Å². The SMILES string of the molecule is CN1C2CCCC1CC(NC(=O)c1ccc(Br)c(F)c1)C2. The van der Waals surface area contributed by atoms with E-state index >= 15 is 0 Å². The quantitative estimate of drug-likeness (QED) is 0.883. The molecule has 1 aromatic rings. The van der Waals surface area contributed by atoms with Crippen LogP contribution in [0.1, 0.15) is 42.5 Å². The molecular formula is C16H20BrFN2O. The zero-order valence-electron chi connectivity index (χ0n) is 12.1. The van der Waals surface area contributed by atoms with E-state index in [4.69, 9.17) is 0 Å². The minimum Gasteiger partial charge on any atom is -0.349 e. The summed E-state index contributed by atoms with van der Waals surface area (Å²) >= 11 is 3.10. The van der Waals surface area contributed by atoms with E-state index in [1.165, 1.54) is 25.3 Å². The standard InChI is InChI=1S/C16H20BrFN2O/c1-20-12-3-2-4-13(20)9-11(8-12)19-16(21)10-5-6-14(17)15(18)7-10/h5-7,11-13H,2-4,8-9H2,1H3,(H,19,21). The van der Waals surface area contributed by atoms with Crippen molar-refractivity contribution >= 4 is 21.8 Å². The van der Waals surface area contributed by atoms with E-state index in [1.54, 1.807) is 12.1 Å². The fraction of sp³-hybridized carbons (Fsp3) is 0.562. The average Bonchev–Trinajstić information content (AvgIpc) is 2.43. The molecule has 2 atom stereocenters. The van der Waals surface area contributed by atoms with Crippen molar-refractivity contribution in [1.29, 1.82) is 0 Å². The third-order valence-corrected chi connectivity index (χ3v) is 5.50. The Morgan fingerprint density at radius 1 is 1.33 bits per heavy atom. The van der Waals surface area contributed by atoms with Crippen LogP contribution >= 0.6 is 15.9 Å². The molecule has 1 aromatic carbocycles. The molecule has 2 saturated heterocycles. The highest BCUT2D eigenvalue weighted by Gasteiger charge is 2.36. The number of halogens is 2. The zero-order valence-corrected chi connectivity index (χ0v) is 13.7. The number of nitrogens with one attached hydrogen (secondary N) is 1. The molecule has 0 aromatic heterocycles. The summed E-state index contributed by atoms with van der Waals surface area (Å²) in [5, 5.41) is 3.08. The second kappa shape index (κ2) is 6.05. The lowest BCUT2D eigenvalue weighted by molar-refractivity contribution is 0.0463. The maximum Gasteiger partial charge on any atom is 0.251 e. The van der Waals surface area contributed by atoms with Crippen molar-refractivity contribution in [2.24, 2.45) is 0 Å². The third kappa shape index (κ3) is 3.14. The first-order valence-electron chi connectivity index (χ1n) is 7.52. The number of amides is 1. The molecule has 1 N–H and O–H groups in total. The highest BCUT2D eigenvalue weighted by molar-refractivity contribution is 9.10. The predicted octanol–water partition coefficient (Wildman–Crippen LogP) is 3.33. The van der Waals surface area contributed by atoms with E-state index < -0.39 is 5.82 Å². The number of piperidine rings is 2. The Morgan fingerprint density at radius 3 is 2.62 bits per heavy atom. The Labute approximate surface area is 133 Å². The minimum absolute atomic E-state index is 0.172. The largest absolute Gasteiger partial charge is 0.349 e. The van der Waals surface area contributed by atoms with E-state index in [1.807, 2.05) is 0 Å². The summed E-state index contributed by atoms with van der Waals surface area (Å²) in [6.07, 6.45) is 5.71. The van der Waals surface area contributed by atoms with E-state index in [0.29, 0.717) is 22.1 Å². The van der Waals surface area contributed by atoms with Crippen molar-refractivity contribution in [3.05, 3.63) is 34.1 Å². The number of hydrogen-bond acceptors (Lipinski definition) is 2. The van der Waals surface area contributed by atoms with E-state index in [0.717, 1.165) is 12.8 Å². The second-order valence-electron chi connectivity index (χ2n) is 6.17. The monoisotopic (exact) mass is 354 g/mol. The van der Waals surface area contributed by atoms with Gasteiger partial charge in [0, 0.05) is 23.7 Å². The van der Waals surface area contributed by atoms with Gasteiger partial charge in [-0.15, -0.1) is 0 Å². The lowest BCUT2D eigenvalue weighted by Gasteiger charge is -2.47. The maximum absolute atomic E-state index is 13.5. The highest BCUT2D eigenvalue weighted by atomic mass is 79.9. The fourth-order valence-corrected chi connectivity index (χ4v) is 3.89. The summed E-state index contributed by atoms with van der Waals surface area (Å²) in [6.45, 7) is 0. The second-order valence-corrected chi connectivity index (χ2v) is 7.03. The van der Waals surface area contributed by atoms with Gasteiger partial charge in [-0.05, 0) is 66.9 Å². The first kappa shape index (κ1) is 15.0. The summed E-state index contributed by atoms with van der Waals surface area (Å²) < 4.78 is 13.9. The molecule has 2 bridgehead atoms. The van der Waals surface area contributed by atoms with Gasteiger partial charge in [-0.1, -0.05) is 6.42 Å². The van der Waals surface area contributed by atoms with Crippen molar-refractivity contribution < 1.29 is 9.18 Å². The van der Waals surface area contributed by atoms with E-state index in [9.17, 15) is 9.18 Å². The smallest absolute Gasteiger partial charge is 0.251 e. The Bertz CT molecular complexity index is 537. The number of carbonyl (C=O) groups is 1. The minimum atomic E-state index is -0.400. The number of hydrogen-bond donors (Lipinski definition) is 1. The predicted molar refractivity (Wildman–Crippen MR) is 83.8 cm³/mol. The van der Waals surface area contributed by atoms with Crippen molar-refractivity contribution in [3.63, 3.8) is 0 Å². The van der Waals surface area contributed by atoms with E-state index in [2.05, 4.69) is 33.2 Å². The highest BCUT2D eigenvalue weighted by Crippen LogP contribution is 2.32. The summed E-state index contributed by atoms with van der Waals surface area (Å²) in [6, 6.07) is 5.87. The summed E-state index contributed by atoms with van der Waals surface area (Å²) in [5.41, 5.74) is 0.389. The first-order chi connectivity index (χ1) is 10.0. The van der Waals surface area contributed by atoms with Crippen molar-refractivity contribution in [2.45, 2.75) is 50.2 Å². The van der Waals surface area contributed by atoms with Gasteiger partial charge in [0.25, 0.3) is 5.91 Å². The van der Waals surface area contributed by atoms with Crippen molar-refractivity contribution in [2.75, 3.05) is 7.05 Å². The van der Waals surface area contributed by atoms with Crippen LogP contribution in [0.4, 0.5) is 4.39 Å². The van der Waals surface area contributed by atoms with Crippen LogP contribution in [0, 0.1) is 5.82 Å². The summed E-state index contributed by atoms with van der Waals surface area (Å²) in [4.78, 5) is 14.7. The zero-order chi connectivity index (χ0) is 15.0. The van der Waals surface area contributed by atoms with Gasteiger partial charge in [0.2, 0.25) is 0 Å². The number of rotatable bonds is 2. The first-order valence-corrected chi connectivity index (χ1v) is 8.31. The normalized spacial score (nSPS) is 29.2. The number of fused-ring (bicyclic) bond motifs is 2. The average molecular weight is 355 g/mol. The molecule has 0 aliphatic carbocycles. The van der Waals surface area contributed by atoms with Gasteiger partial charge in [-0.25, -0.2) is 4.39 Å². The molecular weight excluding hydrogens is 335 g/mol. The lowest BCUT2D eigenvalue weighted by Crippen LogP contribution is -2.55. The third-order valence-electron chi connectivity index (χ3n) is 4.86. The van der Waals surface area contributed by atoms with Gasteiger partial charge in [-0.3, -0.25) is 4.79 Å². The molecule has 21 heavy (non-hydrogen) atoms. The van der Waals surface area contributed by atoms with Crippen LogP contribution in [0.25, 0.3) is 0 Å². The molecule has 0 spiro atoms. The Hall–Kier alpha value is -0.940. The van der Waals surface area contributed by atoms with Gasteiger partial charge in [0.1, 0.15) is 5.82 Å². The maximum atomic E-state index is 13.5.